The highest BCUT2D eigenvalue weighted by Crippen LogP contribution is 2.25. The van der Waals surface area contributed by atoms with Gasteiger partial charge in [-0.1, -0.05) is 18.5 Å². The van der Waals surface area contributed by atoms with Crippen LogP contribution < -0.4 is 0 Å². The molecule has 0 saturated carbocycles. The van der Waals surface area contributed by atoms with Crippen LogP contribution in [0.3, 0.4) is 0 Å². The van der Waals surface area contributed by atoms with Crippen LogP contribution in [0, 0.1) is 0 Å². The fourth-order valence-electron chi connectivity index (χ4n) is 1.85. The molecule has 1 aliphatic rings. The topological polar surface area (TPSA) is 29.0 Å². The van der Waals surface area contributed by atoms with E-state index in [0.717, 1.165) is 18.8 Å². The molecule has 1 aromatic rings. The molecule has 0 spiro atoms. The van der Waals surface area contributed by atoms with Gasteiger partial charge in [0.25, 0.3) is 0 Å². The zero-order chi connectivity index (χ0) is 11.5. The molecule has 1 saturated heterocycles. The van der Waals surface area contributed by atoms with Crippen LogP contribution in [0.25, 0.3) is 0 Å². The van der Waals surface area contributed by atoms with E-state index in [1.165, 1.54) is 5.75 Å². The minimum atomic E-state index is 0.458. The van der Waals surface area contributed by atoms with Crippen molar-refractivity contribution in [1.29, 1.82) is 0 Å². The van der Waals surface area contributed by atoms with Crippen LogP contribution in [0.5, 0.6) is 0 Å². The number of hydrogen-bond donors (Lipinski definition) is 0. The Morgan fingerprint density at radius 3 is 2.94 bits per heavy atom. The minimum Gasteiger partial charge on any atom is -0.293 e. The Hall–Kier alpha value is -0.320. The molecule has 0 aromatic carbocycles. The van der Waals surface area contributed by atoms with Gasteiger partial charge in [0.1, 0.15) is 0 Å². The zero-order valence-corrected chi connectivity index (χ0v) is 11.1. The third-order valence-corrected chi connectivity index (χ3v) is 4.61. The van der Waals surface area contributed by atoms with Gasteiger partial charge in [0.2, 0.25) is 0 Å². The summed E-state index contributed by atoms with van der Waals surface area (Å²) in [6.45, 7) is 6.56. The molecule has 0 aliphatic carbocycles. The molecule has 16 heavy (non-hydrogen) atoms. The van der Waals surface area contributed by atoms with Crippen LogP contribution in [-0.2, 0) is 6.54 Å². The molecule has 5 heteroatoms. The summed E-state index contributed by atoms with van der Waals surface area (Å²) in [6.07, 6.45) is 0. The Labute approximate surface area is 106 Å². The van der Waals surface area contributed by atoms with Crippen LogP contribution >= 0.6 is 23.4 Å². The minimum absolute atomic E-state index is 0.458. The van der Waals surface area contributed by atoms with Crippen LogP contribution in [0.4, 0.5) is 0 Å². The summed E-state index contributed by atoms with van der Waals surface area (Å²) in [7, 11) is 0. The van der Waals surface area contributed by atoms with E-state index >= 15 is 0 Å². The van der Waals surface area contributed by atoms with Crippen molar-refractivity contribution in [3.05, 3.63) is 23.0 Å². The van der Waals surface area contributed by atoms with Crippen LogP contribution in [-0.4, -0.2) is 38.7 Å². The molecule has 88 valence electrons. The first-order chi connectivity index (χ1) is 7.66. The molecule has 0 N–H and O–H groups in total. The van der Waals surface area contributed by atoms with E-state index in [4.69, 9.17) is 11.6 Å². The van der Waals surface area contributed by atoms with Gasteiger partial charge in [-0.3, -0.25) is 4.90 Å². The highest BCUT2D eigenvalue weighted by Gasteiger charge is 2.25. The Morgan fingerprint density at radius 2 is 2.25 bits per heavy atom. The summed E-state index contributed by atoms with van der Waals surface area (Å²) in [5.74, 6) is 1.20. The van der Waals surface area contributed by atoms with Gasteiger partial charge >= 0.3 is 0 Å². The van der Waals surface area contributed by atoms with Gasteiger partial charge in [-0.2, -0.15) is 16.9 Å². The molecule has 0 bridgehead atoms. The van der Waals surface area contributed by atoms with Crippen molar-refractivity contribution >= 4 is 23.4 Å². The third kappa shape index (κ3) is 2.87. The second-order valence-electron chi connectivity index (χ2n) is 4.13. The summed E-state index contributed by atoms with van der Waals surface area (Å²) < 4.78 is 0. The van der Waals surface area contributed by atoms with Crippen molar-refractivity contribution in [3.8, 4) is 0 Å². The number of thioether (sulfide) groups is 1. The van der Waals surface area contributed by atoms with Gasteiger partial charge in [-0.05, 0) is 19.1 Å². The smallest absolute Gasteiger partial charge is 0.151 e. The molecule has 0 amide bonds. The van der Waals surface area contributed by atoms with E-state index in [-0.39, 0.29) is 0 Å². The maximum Gasteiger partial charge on any atom is 0.151 e. The lowest BCUT2D eigenvalue weighted by molar-refractivity contribution is 0.201. The van der Waals surface area contributed by atoms with Crippen molar-refractivity contribution in [3.63, 3.8) is 0 Å². The monoisotopic (exact) mass is 257 g/mol. The Balaban J connectivity index is 2.00. The van der Waals surface area contributed by atoms with Gasteiger partial charge in [-0.15, -0.1) is 5.10 Å². The van der Waals surface area contributed by atoms with E-state index in [9.17, 15) is 0 Å². The summed E-state index contributed by atoms with van der Waals surface area (Å²) in [5.41, 5.74) is 0.996. The summed E-state index contributed by atoms with van der Waals surface area (Å²) in [4.78, 5) is 2.46. The lowest BCUT2D eigenvalue weighted by Gasteiger charge is -2.37. The number of aromatic nitrogens is 2. The second kappa shape index (κ2) is 5.34. The van der Waals surface area contributed by atoms with Crippen LogP contribution in [0.15, 0.2) is 12.1 Å². The molecular weight excluding hydrogens is 242 g/mol. The summed E-state index contributed by atoms with van der Waals surface area (Å²) in [5, 5.41) is 9.12. The average Bonchev–Trinajstić information content (AvgIpc) is 2.28. The fraction of sp³-hybridized carbons (Fsp3) is 0.636. The standard InChI is InChI=1S/C11H16ClN3S/c1-8-9(2)16-6-5-15(8)7-10-3-4-11(12)14-13-10/h3-4,8-9H,5-7H2,1-2H3. The van der Waals surface area contributed by atoms with Crippen molar-refractivity contribution in [1.82, 2.24) is 15.1 Å². The molecule has 2 atom stereocenters. The van der Waals surface area contributed by atoms with Gasteiger partial charge in [0.15, 0.2) is 5.15 Å². The molecule has 3 nitrogen and oxygen atoms in total. The quantitative estimate of drug-likeness (QED) is 0.814. The first-order valence-corrected chi connectivity index (χ1v) is 6.93. The molecule has 1 aromatic heterocycles. The van der Waals surface area contributed by atoms with Crippen molar-refractivity contribution < 1.29 is 0 Å². The lowest BCUT2D eigenvalue weighted by Crippen LogP contribution is -2.44. The maximum absolute atomic E-state index is 5.72. The van der Waals surface area contributed by atoms with E-state index in [2.05, 4.69) is 28.9 Å². The predicted octanol–water partition coefficient (Wildman–Crippen LogP) is 2.46. The zero-order valence-electron chi connectivity index (χ0n) is 9.56. The van der Waals surface area contributed by atoms with Crippen molar-refractivity contribution in [2.45, 2.75) is 31.7 Å². The summed E-state index contributed by atoms with van der Waals surface area (Å²) >= 11 is 7.76. The Morgan fingerprint density at radius 1 is 1.44 bits per heavy atom. The first-order valence-electron chi connectivity index (χ1n) is 5.50. The normalized spacial score (nSPS) is 26.9. The number of rotatable bonds is 2. The van der Waals surface area contributed by atoms with Crippen LogP contribution in [0.1, 0.15) is 19.5 Å². The van der Waals surface area contributed by atoms with Crippen molar-refractivity contribution in [2.75, 3.05) is 12.3 Å². The van der Waals surface area contributed by atoms with E-state index in [1.807, 2.05) is 17.8 Å². The molecule has 1 aliphatic heterocycles. The van der Waals surface area contributed by atoms with Gasteiger partial charge in [0, 0.05) is 30.1 Å². The molecule has 2 rings (SSSR count). The first kappa shape index (κ1) is 12.1. The van der Waals surface area contributed by atoms with E-state index in [1.54, 1.807) is 6.07 Å². The second-order valence-corrected chi connectivity index (χ2v) is 6.01. The fourth-order valence-corrected chi connectivity index (χ4v) is 3.12. The molecular formula is C11H16ClN3S. The number of halogens is 1. The van der Waals surface area contributed by atoms with E-state index in [0.29, 0.717) is 16.4 Å². The molecule has 2 heterocycles. The average molecular weight is 258 g/mol. The SMILES string of the molecule is CC1SCCN(Cc2ccc(Cl)nn2)C1C. The van der Waals surface area contributed by atoms with Gasteiger partial charge in [0.05, 0.1) is 5.69 Å². The number of hydrogen-bond acceptors (Lipinski definition) is 4. The van der Waals surface area contributed by atoms with Crippen molar-refractivity contribution in [2.24, 2.45) is 0 Å². The maximum atomic E-state index is 5.72. The molecule has 0 radical (unpaired) electrons. The van der Waals surface area contributed by atoms with E-state index < -0.39 is 0 Å². The Kier molecular flexibility index (Phi) is 4.05. The summed E-state index contributed by atoms with van der Waals surface area (Å²) in [6, 6.07) is 4.35. The van der Waals surface area contributed by atoms with Gasteiger partial charge < -0.3 is 0 Å². The number of nitrogens with zero attached hydrogens (tertiary/aromatic N) is 3. The molecule has 1 fully saturated rings. The van der Waals surface area contributed by atoms with Crippen LogP contribution in [0.2, 0.25) is 5.15 Å². The molecule has 2 unspecified atom stereocenters. The largest absolute Gasteiger partial charge is 0.293 e. The predicted molar refractivity (Wildman–Crippen MR) is 68.8 cm³/mol. The highest BCUT2D eigenvalue weighted by molar-refractivity contribution is 8.00. The Bertz CT molecular complexity index is 344. The van der Waals surface area contributed by atoms with Gasteiger partial charge in [-0.25, -0.2) is 0 Å². The highest BCUT2D eigenvalue weighted by atomic mass is 35.5. The lowest BCUT2D eigenvalue weighted by atomic mass is 10.2. The third-order valence-electron chi connectivity index (χ3n) is 3.07.